The van der Waals surface area contributed by atoms with Crippen LogP contribution < -0.4 is 26.6 Å². The monoisotopic (exact) mass is 695 g/mol. The second-order valence-corrected chi connectivity index (χ2v) is 16.1. The Morgan fingerprint density at radius 3 is 2.04 bits per heavy atom. The van der Waals surface area contributed by atoms with Crippen LogP contribution in [0.4, 0.5) is 0 Å². The van der Waals surface area contributed by atoms with Crippen LogP contribution in [0.3, 0.4) is 0 Å². The number of nitrogens with one attached hydrogen (secondary N) is 5. The van der Waals surface area contributed by atoms with E-state index in [2.05, 4.69) is 40.4 Å². The number of benzene rings is 1. The Labute approximate surface area is 296 Å². The van der Waals surface area contributed by atoms with Crippen molar-refractivity contribution in [3.8, 4) is 0 Å². The van der Waals surface area contributed by atoms with E-state index in [1.54, 1.807) is 4.90 Å². The van der Waals surface area contributed by atoms with Gasteiger partial charge in [-0.25, -0.2) is 0 Å². The molecule has 50 heavy (non-hydrogen) atoms. The van der Waals surface area contributed by atoms with Crippen LogP contribution in [0.5, 0.6) is 0 Å². The van der Waals surface area contributed by atoms with Crippen LogP contribution in [0.2, 0.25) is 0 Å². The summed E-state index contributed by atoms with van der Waals surface area (Å²) in [4.78, 5) is 86.3. The third-order valence-corrected chi connectivity index (χ3v) is 9.72. The van der Waals surface area contributed by atoms with Gasteiger partial charge < -0.3 is 31.5 Å². The number of carbonyl (C=O) groups is 6. The molecule has 6 atom stereocenters. The lowest BCUT2D eigenvalue weighted by Gasteiger charge is -2.37. The third-order valence-electron chi connectivity index (χ3n) is 9.72. The average molecular weight is 696 g/mol. The van der Waals surface area contributed by atoms with Crippen LogP contribution in [-0.4, -0.2) is 106 Å². The SMILES string of the molecule is CC(C)C[C@@H]1NC(=O)CNC(=O)[C@@H]2CCCN2[C@@H](C(=O)NC(C)(C)C)[C@]2(C)[C@@H](CC(C)C)N2C(=O)[C@H](Cc2ccccc2)NC(=O)CNC1=O. The molecule has 13 nitrogen and oxygen atoms in total. The average Bonchev–Trinajstić information content (AvgIpc) is 3.32. The lowest BCUT2D eigenvalue weighted by molar-refractivity contribution is -0.137. The molecular formula is C37H57N7O6. The fraction of sp³-hybridized carbons (Fsp3) is 0.676. The molecule has 3 saturated heterocycles. The van der Waals surface area contributed by atoms with Gasteiger partial charge in [-0.1, -0.05) is 58.0 Å². The summed E-state index contributed by atoms with van der Waals surface area (Å²) in [6, 6.07) is 5.47. The highest BCUT2D eigenvalue weighted by Gasteiger charge is 2.70. The number of fused-ring (bicyclic) bond motifs is 2. The number of amides is 6. The summed E-state index contributed by atoms with van der Waals surface area (Å²) in [7, 11) is 0. The predicted molar refractivity (Wildman–Crippen MR) is 189 cm³/mol. The van der Waals surface area contributed by atoms with Crippen molar-refractivity contribution in [2.45, 2.75) is 129 Å². The van der Waals surface area contributed by atoms with E-state index in [9.17, 15) is 28.8 Å². The molecule has 0 aliphatic carbocycles. The van der Waals surface area contributed by atoms with Gasteiger partial charge >= 0.3 is 0 Å². The predicted octanol–water partition coefficient (Wildman–Crippen LogP) is 1.25. The Morgan fingerprint density at radius 2 is 1.46 bits per heavy atom. The molecule has 0 unspecified atom stereocenters. The zero-order valence-electron chi connectivity index (χ0n) is 30.9. The van der Waals surface area contributed by atoms with Gasteiger partial charge in [0.25, 0.3) is 0 Å². The van der Waals surface area contributed by atoms with Gasteiger partial charge in [-0.05, 0) is 77.3 Å². The molecule has 1 aromatic carbocycles. The van der Waals surface area contributed by atoms with Crippen LogP contribution >= 0.6 is 0 Å². The van der Waals surface area contributed by atoms with Crippen molar-refractivity contribution >= 4 is 35.4 Å². The summed E-state index contributed by atoms with van der Waals surface area (Å²) in [5.74, 6) is -2.43. The molecule has 0 bridgehead atoms. The second kappa shape index (κ2) is 15.9. The van der Waals surface area contributed by atoms with Gasteiger partial charge in [0.1, 0.15) is 18.1 Å². The molecule has 5 N–H and O–H groups in total. The number of hydrogen-bond donors (Lipinski definition) is 5. The van der Waals surface area contributed by atoms with Crippen molar-refractivity contribution in [2.24, 2.45) is 11.8 Å². The smallest absolute Gasteiger partial charge is 0.246 e. The summed E-state index contributed by atoms with van der Waals surface area (Å²) in [6.07, 6.45) is 2.22. The number of rotatable bonds is 7. The van der Waals surface area contributed by atoms with Crippen LogP contribution in [0.15, 0.2) is 30.3 Å². The first-order valence-electron chi connectivity index (χ1n) is 18.0. The second-order valence-electron chi connectivity index (χ2n) is 16.1. The van der Waals surface area contributed by atoms with E-state index in [0.29, 0.717) is 32.2 Å². The highest BCUT2D eigenvalue weighted by atomic mass is 16.2. The van der Waals surface area contributed by atoms with E-state index < -0.39 is 65.4 Å². The normalized spacial score (nSPS) is 28.9. The minimum absolute atomic E-state index is 0.0455. The van der Waals surface area contributed by atoms with Gasteiger partial charge in [-0.2, -0.15) is 0 Å². The van der Waals surface area contributed by atoms with Crippen LogP contribution in [0.1, 0.15) is 86.6 Å². The van der Waals surface area contributed by atoms with E-state index >= 15 is 0 Å². The highest BCUT2D eigenvalue weighted by Crippen LogP contribution is 2.50. The number of carbonyl (C=O) groups excluding carboxylic acids is 6. The highest BCUT2D eigenvalue weighted by molar-refractivity contribution is 5.96. The summed E-state index contributed by atoms with van der Waals surface area (Å²) in [5, 5.41) is 14.1. The van der Waals surface area contributed by atoms with Crippen molar-refractivity contribution in [3.63, 3.8) is 0 Å². The van der Waals surface area contributed by atoms with Gasteiger partial charge in [-0.3, -0.25) is 33.7 Å². The topological polar surface area (TPSA) is 169 Å². The maximum Gasteiger partial charge on any atom is 0.246 e. The number of nitrogens with zero attached hydrogens (tertiary/aromatic N) is 2. The standard InChI is InChI=1S/C37H57N7O6/c1-22(2)17-25-32(47)38-20-30(46)41-26(19-24-13-10-9-11-14-24)35(50)44-28(18-23(3)4)37(44,8)31(34(49)42-36(5,6)7)43-16-12-15-27(43)33(48)39-21-29(45)40-25/h9-11,13-14,22-23,25-28,31H,12,15-21H2,1-8H3,(H,38,47)(H,39,48)(H,40,45)(H,41,46)(H,42,49)/t25-,26-,27-,28+,31-,37-,44?/m0/s1. The molecule has 0 aromatic heterocycles. The van der Waals surface area contributed by atoms with E-state index in [1.807, 2.05) is 76.8 Å². The Kier molecular flexibility index (Phi) is 12.3. The zero-order valence-corrected chi connectivity index (χ0v) is 30.9. The van der Waals surface area contributed by atoms with Gasteiger partial charge in [-0.15, -0.1) is 0 Å². The molecule has 276 valence electrons. The molecule has 3 fully saturated rings. The van der Waals surface area contributed by atoms with E-state index in [1.165, 1.54) is 0 Å². The van der Waals surface area contributed by atoms with Gasteiger partial charge in [0.15, 0.2) is 0 Å². The Morgan fingerprint density at radius 1 is 0.880 bits per heavy atom. The molecule has 0 spiro atoms. The van der Waals surface area contributed by atoms with E-state index in [-0.39, 0.29) is 42.7 Å². The fourth-order valence-electron chi connectivity index (χ4n) is 7.53. The van der Waals surface area contributed by atoms with Gasteiger partial charge in [0.2, 0.25) is 35.4 Å². The van der Waals surface area contributed by atoms with Crippen molar-refractivity contribution in [2.75, 3.05) is 19.6 Å². The van der Waals surface area contributed by atoms with Gasteiger partial charge in [0, 0.05) is 12.0 Å². The molecule has 0 radical (unpaired) electrons. The first-order valence-corrected chi connectivity index (χ1v) is 18.0. The summed E-state index contributed by atoms with van der Waals surface area (Å²) in [5.41, 5.74) is -0.771. The fourth-order valence-corrected chi connectivity index (χ4v) is 7.53. The van der Waals surface area contributed by atoms with Crippen molar-refractivity contribution in [1.82, 2.24) is 36.4 Å². The quantitative estimate of drug-likeness (QED) is 0.268. The molecule has 3 heterocycles. The Bertz CT molecular complexity index is 1430. The van der Waals surface area contributed by atoms with E-state index in [0.717, 1.165) is 5.56 Å². The molecule has 3 aliphatic rings. The van der Waals surface area contributed by atoms with Crippen molar-refractivity contribution in [1.29, 1.82) is 0 Å². The van der Waals surface area contributed by atoms with Gasteiger partial charge in [0.05, 0.1) is 30.7 Å². The first kappa shape index (κ1) is 38.8. The summed E-state index contributed by atoms with van der Waals surface area (Å²) < 4.78 is 0. The van der Waals surface area contributed by atoms with Crippen LogP contribution in [0, 0.1) is 11.8 Å². The molecule has 13 heteroatoms. The molecular weight excluding hydrogens is 638 g/mol. The first-order chi connectivity index (χ1) is 23.4. The molecule has 1 aromatic rings. The van der Waals surface area contributed by atoms with Crippen LogP contribution in [-0.2, 0) is 35.2 Å². The lowest BCUT2D eigenvalue weighted by Crippen LogP contribution is -2.63. The van der Waals surface area contributed by atoms with E-state index in [4.69, 9.17) is 0 Å². The lowest BCUT2D eigenvalue weighted by atomic mass is 9.89. The largest absolute Gasteiger partial charge is 0.350 e. The Balaban J connectivity index is 1.80. The molecule has 4 rings (SSSR count). The maximum absolute atomic E-state index is 14.8. The van der Waals surface area contributed by atoms with Crippen molar-refractivity contribution in [3.05, 3.63) is 35.9 Å². The molecule has 3 aliphatic heterocycles. The molecule has 0 saturated carbocycles. The molecule has 6 amide bonds. The summed E-state index contributed by atoms with van der Waals surface area (Å²) >= 11 is 0. The maximum atomic E-state index is 14.8. The summed E-state index contributed by atoms with van der Waals surface area (Å²) in [6.45, 7) is 15.2. The minimum atomic E-state index is -1.01. The minimum Gasteiger partial charge on any atom is -0.350 e. The number of hydrogen-bond acceptors (Lipinski definition) is 7. The zero-order chi connectivity index (χ0) is 37.0. The Hall–Kier alpha value is -4.00. The van der Waals surface area contributed by atoms with Crippen LogP contribution in [0.25, 0.3) is 0 Å². The van der Waals surface area contributed by atoms with Crippen molar-refractivity contribution < 1.29 is 28.8 Å². The third kappa shape index (κ3) is 9.41.